The minimum Gasteiger partial charge on any atom is -0.368 e. The highest BCUT2D eigenvalue weighted by molar-refractivity contribution is 9.10. The van der Waals surface area contributed by atoms with Gasteiger partial charge in [-0.25, -0.2) is 15.0 Å². The van der Waals surface area contributed by atoms with Gasteiger partial charge in [-0.2, -0.15) is 0 Å². The molecule has 0 saturated carbocycles. The lowest BCUT2D eigenvalue weighted by molar-refractivity contribution is -0.126. The summed E-state index contributed by atoms with van der Waals surface area (Å²) >= 11 is 3.42. The van der Waals surface area contributed by atoms with Crippen molar-refractivity contribution in [3.63, 3.8) is 0 Å². The number of hydrogen-bond acceptors (Lipinski definition) is 7. The van der Waals surface area contributed by atoms with E-state index in [0.29, 0.717) is 42.9 Å². The van der Waals surface area contributed by atoms with Gasteiger partial charge in [-0.15, -0.1) is 0 Å². The summed E-state index contributed by atoms with van der Waals surface area (Å²) in [5.74, 6) is 2.04. The van der Waals surface area contributed by atoms with Crippen molar-refractivity contribution in [1.82, 2.24) is 20.3 Å². The average Bonchev–Trinajstić information content (AvgIpc) is 3.19. The second-order valence-electron chi connectivity index (χ2n) is 7.63. The normalized spacial score (nSPS) is 15.4. The largest absolute Gasteiger partial charge is 0.368 e. The molecule has 33 heavy (non-hydrogen) atoms. The first-order valence-corrected chi connectivity index (χ1v) is 11.4. The summed E-state index contributed by atoms with van der Waals surface area (Å²) in [4.78, 5) is 39.6. The molecule has 2 aromatic heterocycles. The third-order valence-corrected chi connectivity index (χ3v) is 5.60. The lowest BCUT2D eigenvalue weighted by atomic mass is 10.1. The van der Waals surface area contributed by atoms with Crippen molar-refractivity contribution >= 4 is 50.9 Å². The van der Waals surface area contributed by atoms with Crippen LogP contribution in [0.1, 0.15) is 12.2 Å². The van der Waals surface area contributed by atoms with Crippen LogP contribution in [-0.2, 0) is 9.59 Å². The first kappa shape index (κ1) is 22.7. The van der Waals surface area contributed by atoms with Gasteiger partial charge < -0.3 is 20.9 Å². The number of pyridine rings is 1. The van der Waals surface area contributed by atoms with Crippen LogP contribution < -0.4 is 20.9 Å². The summed E-state index contributed by atoms with van der Waals surface area (Å²) in [6.07, 6.45) is 1.91. The van der Waals surface area contributed by atoms with Crippen LogP contribution in [0.3, 0.4) is 0 Å². The van der Waals surface area contributed by atoms with Crippen LogP contribution in [0.15, 0.2) is 59.2 Å². The summed E-state index contributed by atoms with van der Waals surface area (Å²) in [7, 11) is 0. The summed E-state index contributed by atoms with van der Waals surface area (Å²) in [5.41, 5.74) is 0.792. The minimum atomic E-state index is -0.369. The second-order valence-corrected chi connectivity index (χ2v) is 8.54. The van der Waals surface area contributed by atoms with Gasteiger partial charge in [0.25, 0.3) is 0 Å². The number of halogens is 1. The van der Waals surface area contributed by atoms with Gasteiger partial charge >= 0.3 is 0 Å². The highest BCUT2D eigenvalue weighted by Gasteiger charge is 2.34. The third kappa shape index (κ3) is 6.04. The van der Waals surface area contributed by atoms with E-state index in [-0.39, 0.29) is 24.2 Å². The van der Waals surface area contributed by atoms with E-state index in [1.54, 1.807) is 17.2 Å². The summed E-state index contributed by atoms with van der Waals surface area (Å²) in [6, 6.07) is 14.9. The molecule has 0 aliphatic carbocycles. The van der Waals surface area contributed by atoms with Gasteiger partial charge in [0.1, 0.15) is 23.3 Å². The molecule has 1 aliphatic rings. The first-order valence-electron chi connectivity index (χ1n) is 10.6. The molecule has 10 heteroatoms. The summed E-state index contributed by atoms with van der Waals surface area (Å²) < 4.78 is 0.894. The highest BCUT2D eigenvalue weighted by Crippen LogP contribution is 2.27. The third-order valence-electron chi connectivity index (χ3n) is 5.11. The maximum absolute atomic E-state index is 12.6. The SMILES string of the molecule is Cc1nc(NCCNC(=O)C2CC(=O)N(c3cccc(Br)c3)C2)cc(Nc2ccccn2)n1. The molecule has 4 rings (SSSR count). The number of hydrogen-bond donors (Lipinski definition) is 3. The van der Waals surface area contributed by atoms with Crippen molar-refractivity contribution in [3.8, 4) is 0 Å². The Morgan fingerprint density at radius 2 is 1.94 bits per heavy atom. The van der Waals surface area contributed by atoms with Gasteiger partial charge in [0.05, 0.1) is 5.92 Å². The topological polar surface area (TPSA) is 112 Å². The smallest absolute Gasteiger partial charge is 0.227 e. The Morgan fingerprint density at radius 1 is 1.09 bits per heavy atom. The van der Waals surface area contributed by atoms with Crippen LogP contribution in [-0.4, -0.2) is 46.4 Å². The van der Waals surface area contributed by atoms with E-state index in [0.717, 1.165) is 10.2 Å². The number of carbonyl (C=O) groups excluding carboxylic acids is 2. The molecule has 170 valence electrons. The standard InChI is InChI=1S/C23H24BrN7O2/c1-15-28-20(13-21(29-15)30-19-7-2-3-8-25-19)26-9-10-27-23(33)16-11-22(32)31(14-16)18-6-4-5-17(24)12-18/h2-8,12-13,16H,9-11,14H2,1H3,(H,27,33)(H2,25,26,28,29,30). The van der Waals surface area contributed by atoms with Crippen molar-refractivity contribution < 1.29 is 9.59 Å². The van der Waals surface area contributed by atoms with Crippen LogP contribution in [0.25, 0.3) is 0 Å². The Labute approximate surface area is 200 Å². The molecule has 0 bridgehead atoms. The van der Waals surface area contributed by atoms with Crippen LogP contribution in [0.4, 0.5) is 23.1 Å². The Balaban J connectivity index is 1.26. The predicted octanol–water partition coefficient (Wildman–Crippen LogP) is 3.27. The highest BCUT2D eigenvalue weighted by atomic mass is 79.9. The Hall–Kier alpha value is -3.53. The maximum Gasteiger partial charge on any atom is 0.227 e. The minimum absolute atomic E-state index is 0.0456. The zero-order chi connectivity index (χ0) is 23.2. The van der Waals surface area contributed by atoms with Gasteiger partial charge in [-0.1, -0.05) is 28.1 Å². The Morgan fingerprint density at radius 3 is 2.73 bits per heavy atom. The van der Waals surface area contributed by atoms with E-state index in [1.807, 2.05) is 49.4 Å². The number of anilines is 4. The average molecular weight is 510 g/mol. The van der Waals surface area contributed by atoms with Crippen LogP contribution >= 0.6 is 15.9 Å². The number of aromatic nitrogens is 3. The molecule has 1 aliphatic heterocycles. The van der Waals surface area contributed by atoms with Crippen molar-refractivity contribution in [3.05, 3.63) is 65.0 Å². The zero-order valence-electron chi connectivity index (χ0n) is 18.1. The second kappa shape index (κ2) is 10.4. The predicted molar refractivity (Wildman–Crippen MR) is 130 cm³/mol. The van der Waals surface area contributed by atoms with Crippen LogP contribution in [0.2, 0.25) is 0 Å². The van der Waals surface area contributed by atoms with Gasteiger partial charge in [0.2, 0.25) is 11.8 Å². The number of benzene rings is 1. The number of nitrogens with one attached hydrogen (secondary N) is 3. The van der Waals surface area contributed by atoms with E-state index >= 15 is 0 Å². The summed E-state index contributed by atoms with van der Waals surface area (Å²) in [6.45, 7) is 3.08. The molecule has 1 unspecified atom stereocenters. The van der Waals surface area contributed by atoms with E-state index < -0.39 is 0 Å². The zero-order valence-corrected chi connectivity index (χ0v) is 19.7. The van der Waals surface area contributed by atoms with E-state index in [9.17, 15) is 9.59 Å². The molecule has 9 nitrogen and oxygen atoms in total. The van der Waals surface area contributed by atoms with Crippen molar-refractivity contribution in [2.45, 2.75) is 13.3 Å². The summed E-state index contributed by atoms with van der Waals surface area (Å²) in [5, 5.41) is 9.25. The molecule has 3 N–H and O–H groups in total. The molecule has 1 saturated heterocycles. The monoisotopic (exact) mass is 509 g/mol. The number of carbonyl (C=O) groups is 2. The van der Waals surface area contributed by atoms with E-state index in [1.165, 1.54) is 0 Å². The number of rotatable bonds is 8. The molecule has 3 aromatic rings. The van der Waals surface area contributed by atoms with Gasteiger partial charge in [0, 0.05) is 48.5 Å². The molecule has 2 amide bonds. The molecular weight excluding hydrogens is 486 g/mol. The quantitative estimate of drug-likeness (QED) is 0.399. The fourth-order valence-electron chi connectivity index (χ4n) is 3.59. The molecule has 0 spiro atoms. The molecular formula is C23H24BrN7O2. The molecule has 1 aromatic carbocycles. The number of nitrogens with zero attached hydrogens (tertiary/aromatic N) is 4. The van der Waals surface area contributed by atoms with E-state index in [4.69, 9.17) is 0 Å². The van der Waals surface area contributed by atoms with Gasteiger partial charge in [-0.05, 0) is 37.3 Å². The number of aryl methyl sites for hydroxylation is 1. The van der Waals surface area contributed by atoms with Gasteiger partial charge in [0.15, 0.2) is 0 Å². The molecule has 3 heterocycles. The van der Waals surface area contributed by atoms with Crippen LogP contribution in [0.5, 0.6) is 0 Å². The Bertz CT molecular complexity index is 1140. The molecule has 0 radical (unpaired) electrons. The van der Waals surface area contributed by atoms with Crippen LogP contribution in [0, 0.1) is 12.8 Å². The maximum atomic E-state index is 12.6. The molecule has 1 fully saturated rings. The lowest BCUT2D eigenvalue weighted by Crippen LogP contribution is -2.35. The Kier molecular flexibility index (Phi) is 7.13. The number of amides is 2. The first-order chi connectivity index (χ1) is 16.0. The fourth-order valence-corrected chi connectivity index (χ4v) is 3.97. The van der Waals surface area contributed by atoms with E-state index in [2.05, 4.69) is 46.8 Å². The lowest BCUT2D eigenvalue weighted by Gasteiger charge is -2.17. The van der Waals surface area contributed by atoms with Crippen molar-refractivity contribution in [2.24, 2.45) is 5.92 Å². The fraction of sp³-hybridized carbons (Fsp3) is 0.261. The molecule has 1 atom stereocenters. The van der Waals surface area contributed by atoms with Crippen molar-refractivity contribution in [2.75, 3.05) is 35.2 Å². The van der Waals surface area contributed by atoms with Crippen molar-refractivity contribution in [1.29, 1.82) is 0 Å². The van der Waals surface area contributed by atoms with Gasteiger partial charge in [-0.3, -0.25) is 9.59 Å².